The first-order chi connectivity index (χ1) is 10.6. The van der Waals surface area contributed by atoms with Gasteiger partial charge in [0.2, 0.25) is 0 Å². The maximum absolute atomic E-state index is 13.0. The normalized spacial score (nSPS) is 10.1. The highest BCUT2D eigenvalue weighted by Gasteiger charge is 2.06. The van der Waals surface area contributed by atoms with Gasteiger partial charge in [0.25, 0.3) is 5.91 Å². The number of ether oxygens (including phenoxy) is 2. The summed E-state index contributed by atoms with van der Waals surface area (Å²) >= 11 is 5.65. The molecule has 1 amide bonds. The van der Waals surface area contributed by atoms with Crippen molar-refractivity contribution >= 4 is 23.2 Å². The van der Waals surface area contributed by atoms with E-state index in [9.17, 15) is 9.18 Å². The fourth-order valence-electron chi connectivity index (χ4n) is 1.74. The van der Waals surface area contributed by atoms with Crippen molar-refractivity contribution in [2.24, 2.45) is 0 Å². The van der Waals surface area contributed by atoms with Crippen LogP contribution in [0.3, 0.4) is 0 Å². The van der Waals surface area contributed by atoms with Gasteiger partial charge in [-0.05, 0) is 37.3 Å². The summed E-state index contributed by atoms with van der Waals surface area (Å²) in [6.07, 6.45) is 0. The molecule has 0 bridgehead atoms. The number of rotatable bonds is 6. The molecule has 0 aromatic heterocycles. The van der Waals surface area contributed by atoms with E-state index >= 15 is 0 Å². The van der Waals surface area contributed by atoms with Gasteiger partial charge in [-0.25, -0.2) is 4.39 Å². The van der Waals surface area contributed by atoms with Gasteiger partial charge >= 0.3 is 0 Å². The van der Waals surface area contributed by atoms with Crippen LogP contribution in [0.1, 0.15) is 6.92 Å². The van der Waals surface area contributed by atoms with Crippen LogP contribution >= 0.6 is 11.6 Å². The summed E-state index contributed by atoms with van der Waals surface area (Å²) in [4.78, 5) is 11.8. The molecule has 0 heterocycles. The van der Waals surface area contributed by atoms with Crippen LogP contribution in [0.4, 0.5) is 10.1 Å². The fraction of sp³-hybridized carbons (Fsp3) is 0.188. The van der Waals surface area contributed by atoms with Gasteiger partial charge in [0.05, 0.1) is 11.6 Å². The second kappa shape index (κ2) is 7.66. The highest BCUT2D eigenvalue weighted by Crippen LogP contribution is 2.20. The average molecular weight is 324 g/mol. The molecule has 0 atom stereocenters. The number of carbonyl (C=O) groups is 1. The number of halogens is 2. The molecule has 6 heteroatoms. The summed E-state index contributed by atoms with van der Waals surface area (Å²) < 4.78 is 23.7. The third-order valence-corrected chi connectivity index (χ3v) is 2.98. The van der Waals surface area contributed by atoms with Gasteiger partial charge < -0.3 is 14.8 Å². The van der Waals surface area contributed by atoms with E-state index in [4.69, 9.17) is 21.1 Å². The number of hydrogen-bond donors (Lipinski definition) is 1. The summed E-state index contributed by atoms with van der Waals surface area (Å²) in [5, 5.41) is 2.52. The van der Waals surface area contributed by atoms with Gasteiger partial charge in [0.1, 0.15) is 17.3 Å². The first-order valence-electron chi connectivity index (χ1n) is 6.69. The molecule has 0 spiro atoms. The Morgan fingerprint density at radius 3 is 2.59 bits per heavy atom. The number of benzene rings is 2. The fourth-order valence-corrected chi connectivity index (χ4v) is 1.92. The van der Waals surface area contributed by atoms with Crippen LogP contribution in [0.2, 0.25) is 5.02 Å². The largest absolute Gasteiger partial charge is 0.494 e. The quantitative estimate of drug-likeness (QED) is 0.877. The van der Waals surface area contributed by atoms with Crippen LogP contribution in [0, 0.1) is 5.82 Å². The molecular formula is C16H15ClFNO3. The van der Waals surface area contributed by atoms with Crippen LogP contribution in [0.25, 0.3) is 0 Å². The lowest BCUT2D eigenvalue weighted by Crippen LogP contribution is -2.20. The Labute approximate surface area is 132 Å². The predicted molar refractivity (Wildman–Crippen MR) is 83.1 cm³/mol. The highest BCUT2D eigenvalue weighted by atomic mass is 35.5. The molecule has 0 aliphatic carbocycles. The Balaban J connectivity index is 1.89. The molecule has 2 aromatic carbocycles. The van der Waals surface area contributed by atoms with Crippen LogP contribution in [0.15, 0.2) is 42.5 Å². The van der Waals surface area contributed by atoms with Crippen LogP contribution in [-0.4, -0.2) is 19.1 Å². The van der Waals surface area contributed by atoms with E-state index in [1.807, 2.05) is 6.92 Å². The lowest BCUT2D eigenvalue weighted by molar-refractivity contribution is -0.118. The van der Waals surface area contributed by atoms with Gasteiger partial charge in [-0.15, -0.1) is 0 Å². The SMILES string of the molecule is CCOc1cccc(OCC(=O)Nc2ccc(F)c(Cl)c2)c1. The molecule has 0 radical (unpaired) electrons. The summed E-state index contributed by atoms with van der Waals surface area (Å²) in [7, 11) is 0. The number of amides is 1. The second-order valence-electron chi connectivity index (χ2n) is 4.37. The molecule has 0 saturated carbocycles. The van der Waals surface area contributed by atoms with Crippen molar-refractivity contribution in [3.05, 3.63) is 53.3 Å². The van der Waals surface area contributed by atoms with E-state index in [1.165, 1.54) is 18.2 Å². The smallest absolute Gasteiger partial charge is 0.262 e. The summed E-state index contributed by atoms with van der Waals surface area (Å²) in [6.45, 7) is 2.26. The van der Waals surface area contributed by atoms with E-state index < -0.39 is 5.82 Å². The van der Waals surface area contributed by atoms with E-state index in [1.54, 1.807) is 24.3 Å². The molecule has 2 aromatic rings. The molecule has 0 fully saturated rings. The molecule has 116 valence electrons. The number of nitrogens with one attached hydrogen (secondary N) is 1. The van der Waals surface area contributed by atoms with Crippen molar-refractivity contribution < 1.29 is 18.7 Å². The molecule has 0 unspecified atom stereocenters. The minimum Gasteiger partial charge on any atom is -0.494 e. The minimum absolute atomic E-state index is 0.0527. The number of anilines is 1. The summed E-state index contributed by atoms with van der Waals surface area (Å²) in [6, 6.07) is 11.0. The van der Waals surface area contributed by atoms with Crippen molar-refractivity contribution in [3.8, 4) is 11.5 Å². The van der Waals surface area contributed by atoms with E-state index in [2.05, 4.69) is 5.32 Å². The topological polar surface area (TPSA) is 47.6 Å². The maximum Gasteiger partial charge on any atom is 0.262 e. The molecule has 0 saturated heterocycles. The summed E-state index contributed by atoms with van der Waals surface area (Å²) in [5.74, 6) is 0.289. The second-order valence-corrected chi connectivity index (χ2v) is 4.78. The summed E-state index contributed by atoms with van der Waals surface area (Å²) in [5.41, 5.74) is 0.406. The Morgan fingerprint density at radius 2 is 1.91 bits per heavy atom. The molecule has 0 aliphatic rings. The molecule has 2 rings (SSSR count). The highest BCUT2D eigenvalue weighted by molar-refractivity contribution is 6.31. The Bertz CT molecular complexity index is 664. The van der Waals surface area contributed by atoms with Crippen LogP contribution in [-0.2, 0) is 4.79 Å². The molecule has 0 aliphatic heterocycles. The van der Waals surface area contributed by atoms with Crippen molar-refractivity contribution in [1.82, 2.24) is 0 Å². The number of carbonyl (C=O) groups excluding carboxylic acids is 1. The van der Waals surface area contributed by atoms with E-state index in [0.717, 1.165) is 0 Å². The van der Waals surface area contributed by atoms with Crippen molar-refractivity contribution in [2.45, 2.75) is 6.92 Å². The van der Waals surface area contributed by atoms with Crippen LogP contribution < -0.4 is 14.8 Å². The van der Waals surface area contributed by atoms with Gasteiger partial charge in [-0.3, -0.25) is 4.79 Å². The minimum atomic E-state index is -0.538. The monoisotopic (exact) mass is 323 g/mol. The zero-order valence-corrected chi connectivity index (χ0v) is 12.7. The Hall–Kier alpha value is -2.27. The predicted octanol–water partition coefficient (Wildman–Crippen LogP) is 3.90. The number of hydrogen-bond acceptors (Lipinski definition) is 3. The van der Waals surface area contributed by atoms with Crippen molar-refractivity contribution in [2.75, 3.05) is 18.5 Å². The molecular weight excluding hydrogens is 309 g/mol. The van der Waals surface area contributed by atoms with Gasteiger partial charge in [0, 0.05) is 11.8 Å². The molecule has 22 heavy (non-hydrogen) atoms. The first kappa shape index (κ1) is 16.1. The van der Waals surface area contributed by atoms with Crippen molar-refractivity contribution in [1.29, 1.82) is 0 Å². The Morgan fingerprint density at radius 1 is 1.18 bits per heavy atom. The standard InChI is InChI=1S/C16H15ClFNO3/c1-2-21-12-4-3-5-13(9-12)22-10-16(20)19-11-6-7-15(18)14(17)8-11/h3-9H,2,10H2,1H3,(H,19,20). The van der Waals surface area contributed by atoms with Crippen molar-refractivity contribution in [3.63, 3.8) is 0 Å². The third kappa shape index (κ3) is 4.63. The molecule has 1 N–H and O–H groups in total. The van der Waals surface area contributed by atoms with Gasteiger partial charge in [0.15, 0.2) is 6.61 Å². The maximum atomic E-state index is 13.0. The van der Waals surface area contributed by atoms with Gasteiger partial charge in [-0.2, -0.15) is 0 Å². The van der Waals surface area contributed by atoms with Gasteiger partial charge in [-0.1, -0.05) is 17.7 Å². The lowest BCUT2D eigenvalue weighted by atomic mass is 10.3. The lowest BCUT2D eigenvalue weighted by Gasteiger charge is -2.09. The zero-order valence-electron chi connectivity index (χ0n) is 11.9. The molecule has 4 nitrogen and oxygen atoms in total. The zero-order chi connectivity index (χ0) is 15.9. The third-order valence-electron chi connectivity index (χ3n) is 2.69. The average Bonchev–Trinajstić information content (AvgIpc) is 2.50. The first-order valence-corrected chi connectivity index (χ1v) is 7.07. The van der Waals surface area contributed by atoms with E-state index in [0.29, 0.717) is 23.8 Å². The van der Waals surface area contributed by atoms with Crippen LogP contribution in [0.5, 0.6) is 11.5 Å². The Kier molecular flexibility index (Phi) is 5.61. The van der Waals surface area contributed by atoms with E-state index in [-0.39, 0.29) is 17.5 Å².